The molecular formula is C14H21BFNO. The van der Waals surface area contributed by atoms with Gasteiger partial charge in [-0.1, -0.05) is 24.5 Å². The van der Waals surface area contributed by atoms with Gasteiger partial charge in [-0.3, -0.25) is 0 Å². The van der Waals surface area contributed by atoms with Crippen LogP contribution in [-0.4, -0.2) is 21.1 Å². The molecule has 2 N–H and O–H groups in total. The van der Waals surface area contributed by atoms with Crippen molar-refractivity contribution < 1.29 is 9.13 Å². The summed E-state index contributed by atoms with van der Waals surface area (Å²) in [5.41, 5.74) is 6.62. The van der Waals surface area contributed by atoms with Gasteiger partial charge in [0.25, 0.3) is 0 Å². The second kappa shape index (κ2) is 5.41. The fourth-order valence-electron chi connectivity index (χ4n) is 3.23. The summed E-state index contributed by atoms with van der Waals surface area (Å²) in [5.74, 6) is 0.121. The molecule has 2 nitrogen and oxygen atoms in total. The molecule has 0 spiro atoms. The van der Waals surface area contributed by atoms with E-state index in [-0.39, 0.29) is 11.9 Å². The van der Waals surface area contributed by atoms with Crippen LogP contribution in [0.5, 0.6) is 0 Å². The van der Waals surface area contributed by atoms with Crippen molar-refractivity contribution in [1.29, 1.82) is 0 Å². The van der Waals surface area contributed by atoms with Crippen LogP contribution in [-0.2, 0) is 10.3 Å². The van der Waals surface area contributed by atoms with Crippen molar-refractivity contribution in [2.24, 2.45) is 11.7 Å². The molecule has 3 atom stereocenters. The van der Waals surface area contributed by atoms with Crippen molar-refractivity contribution in [3.05, 3.63) is 35.6 Å². The maximum absolute atomic E-state index is 14.0. The van der Waals surface area contributed by atoms with Gasteiger partial charge in [-0.05, 0) is 31.2 Å². The minimum atomic E-state index is -0.598. The second-order valence-corrected chi connectivity index (χ2v) is 5.26. The first-order valence-corrected chi connectivity index (χ1v) is 6.68. The van der Waals surface area contributed by atoms with Gasteiger partial charge in [-0.2, -0.15) is 0 Å². The smallest absolute Gasteiger partial charge is 0.128 e. The van der Waals surface area contributed by atoms with E-state index in [1.165, 1.54) is 6.07 Å². The lowest BCUT2D eigenvalue weighted by Crippen LogP contribution is -2.50. The van der Waals surface area contributed by atoms with Gasteiger partial charge in [0.05, 0.1) is 6.10 Å². The molecule has 0 aromatic heterocycles. The summed E-state index contributed by atoms with van der Waals surface area (Å²) in [7, 11) is 3.83. The molecular weight excluding hydrogens is 228 g/mol. The van der Waals surface area contributed by atoms with Gasteiger partial charge in [0.1, 0.15) is 13.7 Å². The van der Waals surface area contributed by atoms with E-state index in [0.717, 1.165) is 19.2 Å². The standard InChI is InChI=1S/C14H21BFNO/c1-18-11-7-6-10(9-15)14(17,8-11)12-4-2-3-5-13(12)16/h2-5,10-11H,6-9,15,17H2,1H3/t10?,11-,14?/m0/s1. The summed E-state index contributed by atoms with van der Waals surface area (Å²) in [4.78, 5) is 0. The summed E-state index contributed by atoms with van der Waals surface area (Å²) in [6.45, 7) is 0. The maximum Gasteiger partial charge on any atom is 0.128 e. The molecule has 1 aliphatic carbocycles. The highest BCUT2D eigenvalue weighted by atomic mass is 19.1. The molecule has 2 rings (SSSR count). The Balaban J connectivity index is 2.38. The molecule has 18 heavy (non-hydrogen) atoms. The summed E-state index contributed by atoms with van der Waals surface area (Å²) in [6, 6.07) is 6.87. The zero-order chi connectivity index (χ0) is 13.2. The first-order valence-electron chi connectivity index (χ1n) is 6.68. The van der Waals surface area contributed by atoms with Crippen molar-refractivity contribution in [3.8, 4) is 0 Å². The van der Waals surface area contributed by atoms with Crippen LogP contribution >= 0.6 is 0 Å². The molecule has 2 unspecified atom stereocenters. The third kappa shape index (κ3) is 2.32. The lowest BCUT2D eigenvalue weighted by Gasteiger charge is -2.44. The van der Waals surface area contributed by atoms with Gasteiger partial charge in [0.15, 0.2) is 0 Å². The van der Waals surface area contributed by atoms with E-state index in [1.807, 2.05) is 12.1 Å². The molecule has 1 saturated carbocycles. The van der Waals surface area contributed by atoms with Crippen LogP contribution in [0.4, 0.5) is 4.39 Å². The minimum absolute atomic E-state index is 0.136. The first kappa shape index (κ1) is 13.6. The molecule has 0 aliphatic heterocycles. The third-order valence-electron chi connectivity index (χ3n) is 4.33. The van der Waals surface area contributed by atoms with Crippen LogP contribution in [0.25, 0.3) is 0 Å². The van der Waals surface area contributed by atoms with E-state index in [2.05, 4.69) is 7.85 Å². The number of halogens is 1. The van der Waals surface area contributed by atoms with Crippen molar-refractivity contribution >= 4 is 7.85 Å². The summed E-state index contributed by atoms with van der Waals surface area (Å²) in [5, 5.41) is 0. The molecule has 1 aromatic rings. The van der Waals surface area contributed by atoms with Crippen molar-refractivity contribution in [3.63, 3.8) is 0 Å². The maximum atomic E-state index is 14.0. The van der Waals surface area contributed by atoms with E-state index in [0.29, 0.717) is 17.9 Å². The molecule has 1 aromatic carbocycles. The monoisotopic (exact) mass is 249 g/mol. The Morgan fingerprint density at radius 1 is 1.44 bits per heavy atom. The van der Waals surface area contributed by atoms with Gasteiger partial charge in [-0.25, -0.2) is 4.39 Å². The van der Waals surface area contributed by atoms with E-state index in [4.69, 9.17) is 10.5 Å². The molecule has 0 bridgehead atoms. The summed E-state index contributed by atoms with van der Waals surface area (Å²) >= 11 is 0. The number of rotatable bonds is 3. The van der Waals surface area contributed by atoms with E-state index < -0.39 is 5.54 Å². The quantitative estimate of drug-likeness (QED) is 0.829. The van der Waals surface area contributed by atoms with Gasteiger partial charge in [-0.15, -0.1) is 0 Å². The number of hydrogen-bond donors (Lipinski definition) is 1. The molecule has 0 saturated heterocycles. The Kier molecular flexibility index (Phi) is 4.08. The predicted octanol–water partition coefficient (Wildman–Crippen LogP) is 1.85. The van der Waals surface area contributed by atoms with Gasteiger partial charge in [0, 0.05) is 18.2 Å². The fourth-order valence-corrected chi connectivity index (χ4v) is 3.23. The van der Waals surface area contributed by atoms with Gasteiger partial charge < -0.3 is 10.5 Å². The molecule has 0 amide bonds. The van der Waals surface area contributed by atoms with E-state index in [9.17, 15) is 4.39 Å². The third-order valence-corrected chi connectivity index (χ3v) is 4.33. The Morgan fingerprint density at radius 3 is 2.78 bits per heavy atom. The zero-order valence-corrected chi connectivity index (χ0v) is 11.2. The van der Waals surface area contributed by atoms with Crippen molar-refractivity contribution in [2.75, 3.05) is 7.11 Å². The topological polar surface area (TPSA) is 35.2 Å². The normalized spacial score (nSPS) is 32.4. The molecule has 1 aliphatic rings. The molecule has 1 fully saturated rings. The highest BCUT2D eigenvalue weighted by Gasteiger charge is 2.42. The lowest BCUT2D eigenvalue weighted by atomic mass is 9.64. The van der Waals surface area contributed by atoms with Crippen LogP contribution in [0, 0.1) is 11.7 Å². The zero-order valence-electron chi connectivity index (χ0n) is 11.2. The fraction of sp³-hybridized carbons (Fsp3) is 0.571. The SMILES string of the molecule is BCC1CC[C@H](OC)CC1(N)c1ccccc1F. The Hall–Kier alpha value is -0.865. The Morgan fingerprint density at radius 2 is 2.17 bits per heavy atom. The summed E-state index contributed by atoms with van der Waals surface area (Å²) in [6.07, 6.45) is 3.82. The van der Waals surface area contributed by atoms with Gasteiger partial charge in [0.2, 0.25) is 0 Å². The van der Waals surface area contributed by atoms with E-state index >= 15 is 0 Å². The number of nitrogens with two attached hydrogens (primary N) is 1. The number of ether oxygens (including phenoxy) is 1. The first-order chi connectivity index (χ1) is 8.61. The highest BCUT2D eigenvalue weighted by Crippen LogP contribution is 2.42. The highest BCUT2D eigenvalue weighted by molar-refractivity contribution is 6.08. The molecule has 0 heterocycles. The number of methoxy groups -OCH3 is 1. The van der Waals surface area contributed by atoms with Crippen LogP contribution < -0.4 is 5.73 Å². The van der Waals surface area contributed by atoms with E-state index in [1.54, 1.807) is 13.2 Å². The average Bonchev–Trinajstić information content (AvgIpc) is 2.39. The van der Waals surface area contributed by atoms with Crippen LogP contribution in [0.15, 0.2) is 24.3 Å². The van der Waals surface area contributed by atoms with Crippen LogP contribution in [0.2, 0.25) is 6.32 Å². The summed E-state index contributed by atoms with van der Waals surface area (Å²) < 4.78 is 19.5. The molecule has 0 radical (unpaired) electrons. The largest absolute Gasteiger partial charge is 0.381 e. The van der Waals surface area contributed by atoms with Crippen molar-refractivity contribution in [1.82, 2.24) is 0 Å². The van der Waals surface area contributed by atoms with Crippen LogP contribution in [0.1, 0.15) is 24.8 Å². The number of hydrogen-bond acceptors (Lipinski definition) is 2. The van der Waals surface area contributed by atoms with Crippen LogP contribution in [0.3, 0.4) is 0 Å². The Labute approximate surface area is 109 Å². The van der Waals surface area contributed by atoms with Gasteiger partial charge >= 0.3 is 0 Å². The molecule has 98 valence electrons. The number of benzene rings is 1. The van der Waals surface area contributed by atoms with Crippen molar-refractivity contribution in [2.45, 2.75) is 37.2 Å². The predicted molar refractivity (Wildman–Crippen MR) is 73.8 cm³/mol. The Bertz CT molecular complexity index is 415. The second-order valence-electron chi connectivity index (χ2n) is 5.26. The minimum Gasteiger partial charge on any atom is -0.381 e. The molecule has 4 heteroatoms. The lowest BCUT2D eigenvalue weighted by molar-refractivity contribution is 0.0179. The average molecular weight is 249 g/mol.